The first-order valence-corrected chi connectivity index (χ1v) is 11.6. The number of aryl methyl sites for hydroxylation is 5. The lowest BCUT2D eigenvalue weighted by Gasteiger charge is -2.11. The van der Waals surface area contributed by atoms with Gasteiger partial charge in [0.2, 0.25) is 0 Å². The number of carbonyl (C=O) groups is 1. The van der Waals surface area contributed by atoms with Crippen molar-refractivity contribution >= 4 is 11.6 Å². The smallest absolute Gasteiger partial charge is 0.278 e. The van der Waals surface area contributed by atoms with E-state index in [9.17, 15) is 4.79 Å². The molecule has 1 amide bonds. The first-order chi connectivity index (χ1) is 16.6. The molecule has 0 atom stereocenters. The second kappa shape index (κ2) is 9.40. The molecule has 9 heteroatoms. The topological polar surface area (TPSA) is 100 Å². The monoisotopic (exact) mass is 476 g/mol. The first kappa shape index (κ1) is 24.3. The third kappa shape index (κ3) is 4.58. The minimum Gasteiger partial charge on any atom is -0.488 e. The van der Waals surface area contributed by atoms with Crippen molar-refractivity contribution in [3.8, 4) is 5.75 Å². The Labute approximate surface area is 205 Å². The highest BCUT2D eigenvalue weighted by Crippen LogP contribution is 2.26. The molecule has 184 valence electrons. The molecule has 1 aromatic carbocycles. The number of hydrogen-bond acceptors (Lipinski definition) is 6. The van der Waals surface area contributed by atoms with E-state index in [-0.39, 0.29) is 18.2 Å². The molecule has 0 aliphatic heterocycles. The molecule has 0 fully saturated rings. The van der Waals surface area contributed by atoms with Crippen LogP contribution in [0.1, 0.15) is 61.3 Å². The molecule has 0 radical (unpaired) electrons. The van der Waals surface area contributed by atoms with Gasteiger partial charge in [-0.1, -0.05) is 17.3 Å². The largest absolute Gasteiger partial charge is 0.488 e. The van der Waals surface area contributed by atoms with Crippen LogP contribution in [0, 0.1) is 48.5 Å². The Kier molecular flexibility index (Phi) is 6.51. The summed E-state index contributed by atoms with van der Waals surface area (Å²) in [6.45, 7) is 14.4. The molecule has 3 heterocycles. The molecule has 0 unspecified atom stereocenters. The summed E-state index contributed by atoms with van der Waals surface area (Å²) in [4.78, 5) is 13.2. The molecule has 9 nitrogen and oxygen atoms in total. The van der Waals surface area contributed by atoms with Crippen LogP contribution in [0.5, 0.6) is 5.75 Å². The van der Waals surface area contributed by atoms with Crippen molar-refractivity contribution in [1.82, 2.24) is 24.7 Å². The fraction of sp³-hybridized carbons (Fsp3) is 0.385. The van der Waals surface area contributed by atoms with Gasteiger partial charge in [-0.25, -0.2) is 0 Å². The van der Waals surface area contributed by atoms with E-state index in [4.69, 9.17) is 9.26 Å². The van der Waals surface area contributed by atoms with Crippen LogP contribution in [0.4, 0.5) is 5.69 Å². The first-order valence-electron chi connectivity index (χ1n) is 11.6. The maximum atomic E-state index is 13.2. The highest BCUT2D eigenvalue weighted by atomic mass is 16.5. The van der Waals surface area contributed by atoms with Crippen molar-refractivity contribution in [2.24, 2.45) is 7.05 Å². The van der Waals surface area contributed by atoms with Gasteiger partial charge in [0, 0.05) is 18.3 Å². The van der Waals surface area contributed by atoms with E-state index in [1.165, 1.54) is 0 Å². The van der Waals surface area contributed by atoms with Crippen LogP contribution in [0.3, 0.4) is 0 Å². The number of ether oxygens (including phenoxy) is 1. The lowest BCUT2D eigenvalue weighted by Crippen LogP contribution is -2.16. The summed E-state index contributed by atoms with van der Waals surface area (Å²) in [5.74, 6) is 0.957. The van der Waals surface area contributed by atoms with Gasteiger partial charge in [0.05, 0.1) is 34.9 Å². The van der Waals surface area contributed by atoms with Gasteiger partial charge < -0.3 is 14.6 Å². The summed E-state index contributed by atoms with van der Waals surface area (Å²) in [7, 11) is 1.93. The second-order valence-electron chi connectivity index (χ2n) is 8.98. The zero-order valence-electron chi connectivity index (χ0n) is 21.6. The second-order valence-corrected chi connectivity index (χ2v) is 8.98. The zero-order valence-corrected chi connectivity index (χ0v) is 21.6. The van der Waals surface area contributed by atoms with Crippen LogP contribution in [-0.2, 0) is 20.2 Å². The summed E-state index contributed by atoms with van der Waals surface area (Å²) < 4.78 is 15.1. The van der Waals surface area contributed by atoms with Gasteiger partial charge in [0.25, 0.3) is 5.91 Å². The predicted octanol–water partition coefficient (Wildman–Crippen LogP) is 4.64. The average Bonchev–Trinajstić information content (AvgIpc) is 3.39. The van der Waals surface area contributed by atoms with Gasteiger partial charge in [-0.15, -0.1) is 0 Å². The Bertz CT molecular complexity index is 1410. The van der Waals surface area contributed by atoms with E-state index >= 15 is 0 Å². The Balaban J connectivity index is 1.54. The van der Waals surface area contributed by atoms with Crippen LogP contribution in [0.2, 0.25) is 0 Å². The molecule has 0 saturated carbocycles. The van der Waals surface area contributed by atoms with Crippen LogP contribution >= 0.6 is 0 Å². The number of amides is 1. The zero-order chi connectivity index (χ0) is 25.4. The van der Waals surface area contributed by atoms with Gasteiger partial charge in [-0.2, -0.15) is 10.2 Å². The molecule has 0 bridgehead atoms. The molecule has 0 aliphatic carbocycles. The Morgan fingerprint density at radius 2 is 1.74 bits per heavy atom. The minimum absolute atomic E-state index is 0.180. The number of aromatic nitrogens is 5. The number of benzene rings is 1. The van der Waals surface area contributed by atoms with Crippen molar-refractivity contribution in [2.45, 2.75) is 61.6 Å². The maximum Gasteiger partial charge on any atom is 0.278 e. The number of nitrogens with one attached hydrogen (secondary N) is 1. The highest BCUT2D eigenvalue weighted by Gasteiger charge is 2.24. The molecule has 0 saturated heterocycles. The molecule has 4 aromatic rings. The Morgan fingerprint density at radius 3 is 2.43 bits per heavy atom. The van der Waals surface area contributed by atoms with E-state index in [1.54, 1.807) is 6.92 Å². The van der Waals surface area contributed by atoms with Gasteiger partial charge in [-0.05, 0) is 65.7 Å². The lowest BCUT2D eigenvalue weighted by molar-refractivity contribution is 0.101. The highest BCUT2D eigenvalue weighted by molar-refractivity contribution is 6.04. The normalized spacial score (nSPS) is 11.2. The van der Waals surface area contributed by atoms with Crippen LogP contribution in [0.25, 0.3) is 0 Å². The van der Waals surface area contributed by atoms with E-state index in [0.29, 0.717) is 23.6 Å². The van der Waals surface area contributed by atoms with Crippen molar-refractivity contribution in [3.63, 3.8) is 0 Å². The minimum atomic E-state index is -0.360. The fourth-order valence-electron chi connectivity index (χ4n) is 4.17. The number of hydrogen-bond donors (Lipinski definition) is 1. The molecule has 4 rings (SSSR count). The van der Waals surface area contributed by atoms with Crippen LogP contribution < -0.4 is 10.1 Å². The van der Waals surface area contributed by atoms with Crippen LogP contribution in [-0.4, -0.2) is 30.6 Å². The predicted molar refractivity (Wildman–Crippen MR) is 133 cm³/mol. The Morgan fingerprint density at radius 1 is 1.00 bits per heavy atom. The van der Waals surface area contributed by atoms with Crippen molar-refractivity contribution in [1.29, 1.82) is 0 Å². The van der Waals surface area contributed by atoms with Gasteiger partial charge >= 0.3 is 0 Å². The summed E-state index contributed by atoms with van der Waals surface area (Å²) >= 11 is 0. The van der Waals surface area contributed by atoms with Gasteiger partial charge in [-0.3, -0.25) is 14.2 Å². The molecule has 0 aliphatic rings. The average molecular weight is 477 g/mol. The SMILES string of the molecule is Cc1cccc(OCc2c(C(=O)Nc3c(C)nn(Cc4c(C)nn(C)c4C)c3C)noc2C)c1C. The van der Waals surface area contributed by atoms with E-state index < -0.39 is 0 Å². The van der Waals surface area contributed by atoms with E-state index in [0.717, 1.165) is 45.2 Å². The quantitative estimate of drug-likeness (QED) is 0.417. The maximum absolute atomic E-state index is 13.2. The summed E-state index contributed by atoms with van der Waals surface area (Å²) in [6.07, 6.45) is 0. The molecule has 35 heavy (non-hydrogen) atoms. The molecular formula is C26H32N6O3. The number of nitrogens with zero attached hydrogens (tertiary/aromatic N) is 5. The molecule has 3 aromatic heterocycles. The molecular weight excluding hydrogens is 444 g/mol. The van der Waals surface area contributed by atoms with Crippen molar-refractivity contribution in [2.75, 3.05) is 5.32 Å². The molecule has 0 spiro atoms. The lowest BCUT2D eigenvalue weighted by atomic mass is 10.1. The number of carbonyl (C=O) groups excluding carboxylic acids is 1. The number of anilines is 1. The van der Waals surface area contributed by atoms with Crippen LogP contribution in [0.15, 0.2) is 22.7 Å². The van der Waals surface area contributed by atoms with E-state index in [1.807, 2.05) is 76.2 Å². The fourth-order valence-corrected chi connectivity index (χ4v) is 4.17. The van der Waals surface area contributed by atoms with Gasteiger partial charge in [0.1, 0.15) is 18.1 Å². The third-order valence-electron chi connectivity index (χ3n) is 6.71. The summed E-state index contributed by atoms with van der Waals surface area (Å²) in [5, 5.41) is 16.2. The summed E-state index contributed by atoms with van der Waals surface area (Å²) in [6, 6.07) is 5.90. The third-order valence-corrected chi connectivity index (χ3v) is 6.71. The summed E-state index contributed by atoms with van der Waals surface area (Å²) in [5.41, 5.74) is 8.45. The van der Waals surface area contributed by atoms with Crippen molar-refractivity contribution < 1.29 is 14.1 Å². The van der Waals surface area contributed by atoms with Gasteiger partial charge in [0.15, 0.2) is 5.69 Å². The Hall–Kier alpha value is -3.88. The molecule has 1 N–H and O–H groups in total. The van der Waals surface area contributed by atoms with E-state index in [2.05, 4.69) is 20.7 Å². The number of rotatable bonds is 7. The van der Waals surface area contributed by atoms with Crippen molar-refractivity contribution in [3.05, 3.63) is 74.7 Å². The standard InChI is InChI=1S/C26H32N6O3/c1-14-10-9-11-23(15(14)2)34-13-22-20(7)35-30-25(22)26(33)27-24-17(4)29-32(19(24)6)12-21-16(3)28-31(8)18(21)5/h9-11H,12-13H2,1-8H3,(H,27,33).